The van der Waals surface area contributed by atoms with Gasteiger partial charge in [-0.1, -0.05) is 32.0 Å². The molecule has 0 N–H and O–H groups in total. The number of thioether (sulfide) groups is 1. The molecule has 1 unspecified atom stereocenters. The van der Waals surface area contributed by atoms with Gasteiger partial charge in [-0.25, -0.2) is 9.78 Å². The molecule has 2 aromatic rings. The lowest BCUT2D eigenvalue weighted by atomic mass is 10.0. The molecular formula is C19H29N5O3S. The summed E-state index contributed by atoms with van der Waals surface area (Å²) in [6.45, 7) is 6.51. The van der Waals surface area contributed by atoms with Crippen molar-refractivity contribution in [3.8, 4) is 0 Å². The second-order valence-electron chi connectivity index (χ2n) is 7.65. The van der Waals surface area contributed by atoms with E-state index < -0.39 is 5.69 Å². The summed E-state index contributed by atoms with van der Waals surface area (Å²) in [7, 11) is 3.10. The van der Waals surface area contributed by atoms with E-state index in [-0.39, 0.29) is 17.2 Å². The molecule has 1 saturated heterocycles. The van der Waals surface area contributed by atoms with Gasteiger partial charge in [0.05, 0.1) is 5.75 Å². The van der Waals surface area contributed by atoms with Gasteiger partial charge in [-0.15, -0.1) is 0 Å². The number of imidazole rings is 1. The lowest BCUT2D eigenvalue weighted by molar-refractivity contribution is -0.130. The van der Waals surface area contributed by atoms with Gasteiger partial charge in [0.2, 0.25) is 5.91 Å². The van der Waals surface area contributed by atoms with Gasteiger partial charge in [0, 0.05) is 33.7 Å². The van der Waals surface area contributed by atoms with E-state index in [1.807, 2.05) is 9.47 Å². The summed E-state index contributed by atoms with van der Waals surface area (Å²) in [5, 5.41) is 0.625. The van der Waals surface area contributed by atoms with Crippen LogP contribution in [-0.2, 0) is 25.4 Å². The number of hydrogen-bond donors (Lipinski definition) is 0. The highest BCUT2D eigenvalue weighted by molar-refractivity contribution is 7.99. The molecule has 1 atom stereocenters. The fourth-order valence-corrected chi connectivity index (χ4v) is 4.62. The van der Waals surface area contributed by atoms with Crippen molar-refractivity contribution >= 4 is 28.8 Å². The Morgan fingerprint density at radius 1 is 1.25 bits per heavy atom. The highest BCUT2D eigenvalue weighted by atomic mass is 32.2. The van der Waals surface area contributed by atoms with Crippen molar-refractivity contribution in [2.45, 2.75) is 51.2 Å². The number of piperidine rings is 1. The van der Waals surface area contributed by atoms with Crippen molar-refractivity contribution in [2.24, 2.45) is 20.0 Å². The number of likely N-dealkylation sites (tertiary alicyclic amines) is 1. The van der Waals surface area contributed by atoms with E-state index in [9.17, 15) is 14.4 Å². The molecule has 0 aromatic carbocycles. The smallest absolute Gasteiger partial charge is 0.332 e. The first kappa shape index (κ1) is 20.7. The maximum absolute atomic E-state index is 12.7. The Balaban J connectivity index is 1.92. The molecule has 3 heterocycles. The summed E-state index contributed by atoms with van der Waals surface area (Å²) >= 11 is 1.35. The Kier molecular flexibility index (Phi) is 6.32. The number of aryl methyl sites for hydroxylation is 2. The third-order valence-electron chi connectivity index (χ3n) is 5.38. The quantitative estimate of drug-likeness (QED) is 0.679. The number of rotatable bonds is 6. The van der Waals surface area contributed by atoms with E-state index in [1.54, 1.807) is 7.05 Å². The predicted octanol–water partition coefficient (Wildman–Crippen LogP) is 1.58. The summed E-state index contributed by atoms with van der Waals surface area (Å²) in [6, 6.07) is 0. The molecule has 9 heteroatoms. The van der Waals surface area contributed by atoms with Gasteiger partial charge in [0.15, 0.2) is 16.3 Å². The van der Waals surface area contributed by atoms with Crippen LogP contribution in [0.25, 0.3) is 11.2 Å². The minimum absolute atomic E-state index is 0.104. The van der Waals surface area contributed by atoms with Crippen molar-refractivity contribution in [1.82, 2.24) is 23.6 Å². The standard InChI is InChI=1S/C19H29N5O3S/c1-5-6-10-24-15-16(21(3)19(27)22(4)17(15)26)20-18(24)28-12-14(25)23-9-7-8-13(2)11-23/h13H,5-12H2,1-4H3. The minimum Gasteiger partial charge on any atom is -0.342 e. The lowest BCUT2D eigenvalue weighted by Crippen LogP contribution is -2.40. The second kappa shape index (κ2) is 8.55. The average molecular weight is 408 g/mol. The average Bonchev–Trinajstić information content (AvgIpc) is 3.05. The van der Waals surface area contributed by atoms with Gasteiger partial charge < -0.3 is 9.47 Å². The highest BCUT2D eigenvalue weighted by Crippen LogP contribution is 2.24. The Bertz CT molecular complexity index is 990. The number of unbranched alkanes of at least 4 members (excludes halogenated alkanes) is 1. The number of carbonyl (C=O) groups is 1. The van der Waals surface area contributed by atoms with Crippen molar-refractivity contribution < 1.29 is 4.79 Å². The summed E-state index contributed by atoms with van der Waals surface area (Å²) < 4.78 is 4.38. The van der Waals surface area contributed by atoms with Crippen LogP contribution in [0.2, 0.25) is 0 Å². The minimum atomic E-state index is -0.396. The van der Waals surface area contributed by atoms with Gasteiger partial charge in [0.1, 0.15) is 0 Å². The molecule has 1 aliphatic rings. The van der Waals surface area contributed by atoms with Gasteiger partial charge >= 0.3 is 5.69 Å². The van der Waals surface area contributed by atoms with Crippen LogP contribution in [0.5, 0.6) is 0 Å². The van der Waals surface area contributed by atoms with Crippen LogP contribution in [0, 0.1) is 5.92 Å². The number of carbonyl (C=O) groups excluding carboxylic acids is 1. The monoisotopic (exact) mass is 407 g/mol. The number of hydrogen-bond acceptors (Lipinski definition) is 5. The van der Waals surface area contributed by atoms with Crippen molar-refractivity contribution in [3.05, 3.63) is 20.8 Å². The first-order valence-electron chi connectivity index (χ1n) is 9.92. The summed E-state index contributed by atoms with van der Waals surface area (Å²) in [5.41, 5.74) is 0.0719. The summed E-state index contributed by atoms with van der Waals surface area (Å²) in [4.78, 5) is 44.1. The molecule has 0 radical (unpaired) electrons. The Labute approximate surface area is 168 Å². The summed E-state index contributed by atoms with van der Waals surface area (Å²) in [5.74, 6) is 0.929. The Hall–Kier alpha value is -2.03. The summed E-state index contributed by atoms with van der Waals surface area (Å²) in [6.07, 6.45) is 4.08. The van der Waals surface area contributed by atoms with E-state index in [1.165, 1.54) is 29.8 Å². The van der Waals surface area contributed by atoms with Gasteiger partial charge in [0.25, 0.3) is 5.56 Å². The normalized spacial score (nSPS) is 17.4. The van der Waals surface area contributed by atoms with Crippen molar-refractivity contribution in [3.63, 3.8) is 0 Å². The topological polar surface area (TPSA) is 82.1 Å². The van der Waals surface area contributed by atoms with Gasteiger partial charge in [-0.05, 0) is 25.2 Å². The zero-order valence-corrected chi connectivity index (χ0v) is 17.9. The molecule has 0 bridgehead atoms. The van der Waals surface area contributed by atoms with Crippen LogP contribution in [0.4, 0.5) is 0 Å². The molecular weight excluding hydrogens is 378 g/mol. The molecule has 0 saturated carbocycles. The molecule has 3 rings (SSSR count). The van der Waals surface area contributed by atoms with E-state index in [0.29, 0.717) is 28.8 Å². The van der Waals surface area contributed by atoms with E-state index in [0.717, 1.165) is 36.9 Å². The molecule has 1 amide bonds. The largest absolute Gasteiger partial charge is 0.342 e. The number of nitrogens with zero attached hydrogens (tertiary/aromatic N) is 5. The Morgan fingerprint density at radius 2 is 2.00 bits per heavy atom. The van der Waals surface area contributed by atoms with Crippen LogP contribution in [0.3, 0.4) is 0 Å². The van der Waals surface area contributed by atoms with Crippen LogP contribution in [0.1, 0.15) is 39.5 Å². The van der Waals surface area contributed by atoms with Crippen molar-refractivity contribution in [1.29, 1.82) is 0 Å². The SMILES string of the molecule is CCCCn1c(SCC(=O)N2CCCC(C)C2)nc2c1c(=O)n(C)c(=O)n2C. The first-order chi connectivity index (χ1) is 13.3. The molecule has 2 aromatic heterocycles. The molecule has 154 valence electrons. The van der Waals surface area contributed by atoms with Crippen LogP contribution < -0.4 is 11.2 Å². The fourth-order valence-electron chi connectivity index (χ4n) is 3.69. The van der Waals surface area contributed by atoms with Gasteiger partial charge in [-0.2, -0.15) is 0 Å². The molecule has 1 fully saturated rings. The third kappa shape index (κ3) is 3.90. The fraction of sp³-hybridized carbons (Fsp3) is 0.684. The molecule has 0 spiro atoms. The predicted molar refractivity (Wildman–Crippen MR) is 111 cm³/mol. The highest BCUT2D eigenvalue weighted by Gasteiger charge is 2.23. The zero-order valence-electron chi connectivity index (χ0n) is 17.1. The van der Waals surface area contributed by atoms with Crippen molar-refractivity contribution in [2.75, 3.05) is 18.8 Å². The van der Waals surface area contributed by atoms with E-state index in [2.05, 4.69) is 18.8 Å². The van der Waals surface area contributed by atoms with E-state index in [4.69, 9.17) is 0 Å². The van der Waals surface area contributed by atoms with Crippen LogP contribution >= 0.6 is 11.8 Å². The second-order valence-corrected chi connectivity index (χ2v) is 8.60. The lowest BCUT2D eigenvalue weighted by Gasteiger charge is -2.30. The third-order valence-corrected chi connectivity index (χ3v) is 6.34. The maximum Gasteiger partial charge on any atom is 0.332 e. The molecule has 1 aliphatic heterocycles. The first-order valence-corrected chi connectivity index (χ1v) is 10.9. The van der Waals surface area contributed by atoms with Gasteiger partial charge in [-0.3, -0.25) is 18.7 Å². The molecule has 0 aliphatic carbocycles. The number of fused-ring (bicyclic) bond motifs is 1. The zero-order chi connectivity index (χ0) is 20.4. The maximum atomic E-state index is 12.7. The van der Waals surface area contributed by atoms with Crippen LogP contribution in [-0.4, -0.2) is 48.3 Å². The molecule has 8 nitrogen and oxygen atoms in total. The Morgan fingerprint density at radius 3 is 2.68 bits per heavy atom. The molecule has 28 heavy (non-hydrogen) atoms. The van der Waals surface area contributed by atoms with E-state index >= 15 is 0 Å². The van der Waals surface area contributed by atoms with Crippen LogP contribution in [0.15, 0.2) is 14.7 Å². The number of aromatic nitrogens is 4. The number of amides is 1.